The van der Waals surface area contributed by atoms with Crippen LogP contribution in [0.2, 0.25) is 0 Å². The van der Waals surface area contributed by atoms with Crippen molar-refractivity contribution in [2.45, 2.75) is 79.3 Å². The van der Waals surface area contributed by atoms with Gasteiger partial charge in [0.05, 0.1) is 11.7 Å². The summed E-state index contributed by atoms with van der Waals surface area (Å²) in [5.41, 5.74) is 4.36. The Labute approximate surface area is 124 Å². The third-order valence-corrected chi connectivity index (χ3v) is 5.11. The number of aromatic nitrogens is 2. The minimum atomic E-state index is 0.345. The Bertz CT molecular complexity index is 459. The van der Waals surface area contributed by atoms with E-state index < -0.39 is 0 Å². The van der Waals surface area contributed by atoms with Gasteiger partial charge in [0.15, 0.2) is 0 Å². The van der Waals surface area contributed by atoms with Gasteiger partial charge >= 0.3 is 0 Å². The fourth-order valence-corrected chi connectivity index (χ4v) is 4.04. The number of hydrogen-bond acceptors (Lipinski definition) is 2. The Kier molecular flexibility index (Phi) is 4.58. The van der Waals surface area contributed by atoms with Gasteiger partial charge in [-0.2, -0.15) is 5.10 Å². The van der Waals surface area contributed by atoms with Crippen LogP contribution in [-0.2, 0) is 6.42 Å². The highest BCUT2D eigenvalue weighted by molar-refractivity contribution is 5.25. The van der Waals surface area contributed by atoms with Gasteiger partial charge in [-0.25, -0.2) is 0 Å². The molecule has 0 aromatic carbocycles. The van der Waals surface area contributed by atoms with Crippen LogP contribution >= 0.6 is 0 Å². The van der Waals surface area contributed by atoms with Crippen LogP contribution in [0.25, 0.3) is 0 Å². The van der Waals surface area contributed by atoms with Crippen LogP contribution in [-0.4, -0.2) is 22.4 Å². The molecule has 0 aliphatic heterocycles. The average molecular weight is 277 g/mol. The molecular weight excluding hydrogens is 246 g/mol. The van der Waals surface area contributed by atoms with Crippen molar-refractivity contribution in [3.63, 3.8) is 0 Å². The van der Waals surface area contributed by atoms with Crippen molar-refractivity contribution in [1.29, 1.82) is 0 Å². The molecule has 2 unspecified atom stereocenters. The van der Waals surface area contributed by atoms with Crippen LogP contribution in [0.1, 0.15) is 70.0 Å². The Morgan fingerprint density at radius 1 is 1.30 bits per heavy atom. The van der Waals surface area contributed by atoms with Crippen molar-refractivity contribution in [3.05, 3.63) is 17.0 Å². The highest BCUT2D eigenvalue weighted by Gasteiger charge is 2.40. The average Bonchev–Trinajstić information content (AvgIpc) is 2.66. The molecule has 3 nitrogen and oxygen atoms in total. The predicted molar refractivity (Wildman–Crippen MR) is 85.2 cm³/mol. The molecule has 0 bridgehead atoms. The molecule has 1 N–H and O–H groups in total. The molecule has 0 radical (unpaired) electrons. The van der Waals surface area contributed by atoms with Crippen molar-refractivity contribution < 1.29 is 0 Å². The lowest BCUT2D eigenvalue weighted by molar-refractivity contribution is 0.106. The van der Waals surface area contributed by atoms with Gasteiger partial charge in [0.1, 0.15) is 0 Å². The van der Waals surface area contributed by atoms with Crippen LogP contribution in [0.5, 0.6) is 0 Å². The van der Waals surface area contributed by atoms with Crippen LogP contribution in [0, 0.1) is 19.3 Å². The molecule has 1 aliphatic rings. The van der Waals surface area contributed by atoms with Gasteiger partial charge in [0.2, 0.25) is 0 Å². The number of likely N-dealkylation sites (N-methyl/N-ethyl adjacent to an activating group) is 1. The minimum absolute atomic E-state index is 0.345. The molecule has 1 heterocycles. The Hall–Kier alpha value is -0.830. The molecule has 3 heteroatoms. The molecule has 114 valence electrons. The SMILES string of the molecule is CCNC1C(n2nc(C)c(CC)c2C)CCCC1(C)C. The summed E-state index contributed by atoms with van der Waals surface area (Å²) in [6.45, 7) is 14.7. The summed E-state index contributed by atoms with van der Waals surface area (Å²) in [5, 5.41) is 8.62. The lowest BCUT2D eigenvalue weighted by atomic mass is 9.70. The molecule has 0 amide bonds. The van der Waals surface area contributed by atoms with Crippen molar-refractivity contribution in [2.75, 3.05) is 6.54 Å². The van der Waals surface area contributed by atoms with E-state index in [1.807, 2.05) is 0 Å². The smallest absolute Gasteiger partial charge is 0.0680 e. The Morgan fingerprint density at radius 2 is 2.00 bits per heavy atom. The minimum Gasteiger partial charge on any atom is -0.312 e. The third-order valence-electron chi connectivity index (χ3n) is 5.11. The van der Waals surface area contributed by atoms with Crippen molar-refractivity contribution >= 4 is 0 Å². The van der Waals surface area contributed by atoms with E-state index in [4.69, 9.17) is 5.10 Å². The van der Waals surface area contributed by atoms with Crippen molar-refractivity contribution in [1.82, 2.24) is 15.1 Å². The van der Waals surface area contributed by atoms with Gasteiger partial charge in [0, 0.05) is 11.7 Å². The lowest BCUT2D eigenvalue weighted by Crippen LogP contribution is -2.50. The second kappa shape index (κ2) is 5.88. The number of aryl methyl sites for hydroxylation is 1. The summed E-state index contributed by atoms with van der Waals surface area (Å²) >= 11 is 0. The molecule has 1 aromatic rings. The molecule has 20 heavy (non-hydrogen) atoms. The zero-order valence-corrected chi connectivity index (χ0v) is 14.1. The van der Waals surface area contributed by atoms with Gasteiger partial charge in [0.25, 0.3) is 0 Å². The maximum absolute atomic E-state index is 4.88. The van der Waals surface area contributed by atoms with Gasteiger partial charge in [-0.1, -0.05) is 34.1 Å². The summed E-state index contributed by atoms with van der Waals surface area (Å²) in [5.74, 6) is 0. The Morgan fingerprint density at radius 3 is 2.55 bits per heavy atom. The summed E-state index contributed by atoms with van der Waals surface area (Å²) in [6.07, 6.45) is 4.94. The van der Waals surface area contributed by atoms with Gasteiger partial charge in [-0.15, -0.1) is 0 Å². The zero-order valence-electron chi connectivity index (χ0n) is 14.1. The fourth-order valence-electron chi connectivity index (χ4n) is 4.04. The molecule has 1 fully saturated rings. The van der Waals surface area contributed by atoms with E-state index in [1.165, 1.54) is 36.2 Å². The van der Waals surface area contributed by atoms with E-state index in [0.29, 0.717) is 17.5 Å². The first-order valence-electron chi connectivity index (χ1n) is 8.20. The predicted octanol–water partition coefficient (Wildman–Crippen LogP) is 3.79. The van der Waals surface area contributed by atoms with Crippen LogP contribution < -0.4 is 5.32 Å². The number of nitrogens with one attached hydrogen (secondary N) is 1. The van der Waals surface area contributed by atoms with Gasteiger partial charge < -0.3 is 5.32 Å². The van der Waals surface area contributed by atoms with Crippen molar-refractivity contribution in [2.24, 2.45) is 5.41 Å². The van der Waals surface area contributed by atoms with E-state index in [0.717, 1.165) is 13.0 Å². The first-order chi connectivity index (χ1) is 9.42. The van der Waals surface area contributed by atoms with E-state index in [9.17, 15) is 0 Å². The van der Waals surface area contributed by atoms with Gasteiger partial charge in [-0.3, -0.25) is 4.68 Å². The molecular formula is C17H31N3. The largest absolute Gasteiger partial charge is 0.312 e. The molecule has 1 saturated carbocycles. The first kappa shape index (κ1) is 15.6. The van der Waals surface area contributed by atoms with Crippen molar-refractivity contribution in [3.8, 4) is 0 Å². The fraction of sp³-hybridized carbons (Fsp3) is 0.824. The molecule has 2 atom stereocenters. The molecule has 0 saturated heterocycles. The monoisotopic (exact) mass is 277 g/mol. The first-order valence-corrected chi connectivity index (χ1v) is 8.20. The topological polar surface area (TPSA) is 29.9 Å². The standard InChI is InChI=1S/C17H31N3/c1-7-14-12(3)19-20(13(14)4)15-10-9-11-17(5,6)16(15)18-8-2/h15-16,18H,7-11H2,1-6H3. The molecule has 1 aliphatic carbocycles. The number of nitrogens with zero attached hydrogens (tertiary/aromatic N) is 2. The second-order valence-electron chi connectivity index (χ2n) is 6.93. The van der Waals surface area contributed by atoms with Crippen LogP contribution in [0.15, 0.2) is 0 Å². The summed E-state index contributed by atoms with van der Waals surface area (Å²) in [6, 6.07) is 1.02. The lowest BCUT2D eigenvalue weighted by Gasteiger charge is -2.44. The second-order valence-corrected chi connectivity index (χ2v) is 6.93. The van der Waals surface area contributed by atoms with Crippen LogP contribution in [0.3, 0.4) is 0 Å². The summed E-state index contributed by atoms with van der Waals surface area (Å²) in [4.78, 5) is 0. The highest BCUT2D eigenvalue weighted by Crippen LogP contribution is 2.41. The highest BCUT2D eigenvalue weighted by atomic mass is 15.3. The summed E-state index contributed by atoms with van der Waals surface area (Å²) < 4.78 is 2.32. The van der Waals surface area contributed by atoms with E-state index in [-0.39, 0.29) is 0 Å². The van der Waals surface area contributed by atoms with E-state index >= 15 is 0 Å². The number of hydrogen-bond donors (Lipinski definition) is 1. The van der Waals surface area contributed by atoms with E-state index in [2.05, 4.69) is 51.5 Å². The molecule has 1 aromatic heterocycles. The Balaban J connectivity index is 2.38. The normalized spacial score (nSPS) is 25.9. The summed E-state index contributed by atoms with van der Waals surface area (Å²) in [7, 11) is 0. The zero-order chi connectivity index (χ0) is 14.9. The van der Waals surface area contributed by atoms with E-state index in [1.54, 1.807) is 0 Å². The maximum atomic E-state index is 4.88. The molecule has 2 rings (SSSR count). The molecule has 0 spiro atoms. The van der Waals surface area contributed by atoms with Gasteiger partial charge in [-0.05, 0) is 50.6 Å². The quantitative estimate of drug-likeness (QED) is 0.907. The maximum Gasteiger partial charge on any atom is 0.0680 e. The third kappa shape index (κ3) is 2.65. The van der Waals surface area contributed by atoms with Crippen LogP contribution in [0.4, 0.5) is 0 Å². The number of rotatable bonds is 4.